The van der Waals surface area contributed by atoms with Gasteiger partial charge in [0.05, 0.1) is 0 Å². The van der Waals surface area contributed by atoms with Crippen LogP contribution < -0.4 is 0 Å². The fourth-order valence-electron chi connectivity index (χ4n) is 2.50. The van der Waals surface area contributed by atoms with Crippen molar-refractivity contribution in [3.63, 3.8) is 0 Å². The molecule has 0 saturated heterocycles. The molecule has 0 amide bonds. The highest BCUT2D eigenvalue weighted by Crippen LogP contribution is 2.32. The molecule has 0 saturated carbocycles. The van der Waals surface area contributed by atoms with Gasteiger partial charge < -0.3 is 5.11 Å². The summed E-state index contributed by atoms with van der Waals surface area (Å²) in [5.74, 6) is -0.398. The largest absolute Gasteiger partial charge is 0.381 e. The minimum atomic E-state index is -1.35. The molecule has 0 spiro atoms. The Morgan fingerprint density at radius 2 is 1.50 bits per heavy atom. The second kappa shape index (κ2) is 4.73. The van der Waals surface area contributed by atoms with Crippen molar-refractivity contribution >= 4 is 10.8 Å². The molecule has 0 aliphatic heterocycles. The summed E-state index contributed by atoms with van der Waals surface area (Å²) in [6, 6.07) is 19.9. The maximum atomic E-state index is 13.9. The van der Waals surface area contributed by atoms with Crippen LogP contribution in [0, 0.1) is 5.82 Å². The Kier molecular flexibility index (Phi) is 3.03. The van der Waals surface area contributed by atoms with Crippen LogP contribution in [0.5, 0.6) is 0 Å². The van der Waals surface area contributed by atoms with Crippen molar-refractivity contribution in [3.05, 3.63) is 83.7 Å². The van der Waals surface area contributed by atoms with E-state index in [2.05, 4.69) is 0 Å². The van der Waals surface area contributed by atoms with Crippen molar-refractivity contribution in [2.75, 3.05) is 0 Å². The highest BCUT2D eigenvalue weighted by atomic mass is 19.1. The summed E-state index contributed by atoms with van der Waals surface area (Å²) in [4.78, 5) is 0. The normalized spacial score (nSPS) is 14.2. The number of fused-ring (bicyclic) bond motifs is 1. The Labute approximate surface area is 117 Å². The highest BCUT2D eigenvalue weighted by Gasteiger charge is 2.28. The maximum absolute atomic E-state index is 13.9. The van der Waals surface area contributed by atoms with Crippen molar-refractivity contribution in [3.8, 4) is 0 Å². The van der Waals surface area contributed by atoms with Gasteiger partial charge in [-0.25, -0.2) is 4.39 Å². The molecule has 0 aliphatic carbocycles. The Bertz CT molecular complexity index is 762. The number of hydrogen-bond donors (Lipinski definition) is 1. The second-order valence-electron chi connectivity index (χ2n) is 5.11. The molecule has 0 radical (unpaired) electrons. The predicted molar refractivity (Wildman–Crippen MR) is 79.0 cm³/mol. The van der Waals surface area contributed by atoms with Gasteiger partial charge in [0, 0.05) is 5.56 Å². The molecule has 3 rings (SSSR count). The summed E-state index contributed by atoms with van der Waals surface area (Å²) in [5, 5.41) is 12.9. The van der Waals surface area contributed by atoms with Gasteiger partial charge in [0.25, 0.3) is 0 Å². The molecule has 2 heteroatoms. The first kappa shape index (κ1) is 12.8. The molecular formula is C18H15FO. The number of benzene rings is 3. The van der Waals surface area contributed by atoms with E-state index in [4.69, 9.17) is 0 Å². The van der Waals surface area contributed by atoms with Gasteiger partial charge in [0.2, 0.25) is 0 Å². The smallest absolute Gasteiger partial charge is 0.129 e. The van der Waals surface area contributed by atoms with Crippen LogP contribution in [0.2, 0.25) is 0 Å². The van der Waals surface area contributed by atoms with Gasteiger partial charge in [-0.1, -0.05) is 54.6 Å². The van der Waals surface area contributed by atoms with Gasteiger partial charge in [-0.05, 0) is 35.4 Å². The van der Waals surface area contributed by atoms with E-state index in [-0.39, 0.29) is 5.56 Å². The van der Waals surface area contributed by atoms with Gasteiger partial charge in [0.1, 0.15) is 11.4 Å². The number of rotatable bonds is 2. The van der Waals surface area contributed by atoms with E-state index in [1.807, 2.05) is 42.5 Å². The van der Waals surface area contributed by atoms with Crippen LogP contribution in [0.15, 0.2) is 66.7 Å². The maximum Gasteiger partial charge on any atom is 0.129 e. The van der Waals surface area contributed by atoms with Crippen LogP contribution in [-0.4, -0.2) is 5.11 Å². The fourth-order valence-corrected chi connectivity index (χ4v) is 2.50. The van der Waals surface area contributed by atoms with Gasteiger partial charge in [-0.3, -0.25) is 0 Å². The number of halogens is 1. The molecule has 1 N–H and O–H groups in total. The minimum absolute atomic E-state index is 0.287. The number of aliphatic hydroxyl groups is 1. The monoisotopic (exact) mass is 266 g/mol. The van der Waals surface area contributed by atoms with Crippen LogP contribution in [0.3, 0.4) is 0 Å². The first-order chi connectivity index (χ1) is 9.59. The van der Waals surface area contributed by atoms with Crippen molar-refractivity contribution in [1.82, 2.24) is 0 Å². The van der Waals surface area contributed by atoms with Gasteiger partial charge >= 0.3 is 0 Å². The SMILES string of the molecule is CC(O)(c1ccc2ccccc2c1)c1ccccc1F. The zero-order valence-electron chi connectivity index (χ0n) is 11.2. The van der Waals surface area contributed by atoms with Crippen molar-refractivity contribution < 1.29 is 9.50 Å². The van der Waals surface area contributed by atoms with E-state index >= 15 is 0 Å². The Morgan fingerprint density at radius 1 is 0.850 bits per heavy atom. The molecule has 100 valence electrons. The summed E-state index contributed by atoms with van der Waals surface area (Å²) in [7, 11) is 0. The molecule has 0 aliphatic rings. The molecule has 0 fully saturated rings. The zero-order chi connectivity index (χ0) is 14.2. The lowest BCUT2D eigenvalue weighted by atomic mass is 9.87. The average molecular weight is 266 g/mol. The quantitative estimate of drug-likeness (QED) is 0.735. The molecule has 1 unspecified atom stereocenters. The average Bonchev–Trinajstić information content (AvgIpc) is 2.47. The molecule has 0 bridgehead atoms. The first-order valence-electron chi connectivity index (χ1n) is 6.56. The Balaban J connectivity index is 2.16. The summed E-state index contributed by atoms with van der Waals surface area (Å²) < 4.78 is 13.9. The van der Waals surface area contributed by atoms with E-state index in [1.165, 1.54) is 6.07 Å². The van der Waals surface area contributed by atoms with Crippen molar-refractivity contribution in [2.24, 2.45) is 0 Å². The van der Waals surface area contributed by atoms with E-state index < -0.39 is 11.4 Å². The van der Waals surface area contributed by atoms with E-state index in [1.54, 1.807) is 25.1 Å². The fraction of sp³-hybridized carbons (Fsp3) is 0.111. The summed E-state index contributed by atoms with van der Waals surface area (Å²) in [6.07, 6.45) is 0. The Morgan fingerprint density at radius 3 is 2.25 bits per heavy atom. The van der Waals surface area contributed by atoms with Crippen molar-refractivity contribution in [2.45, 2.75) is 12.5 Å². The molecule has 0 heterocycles. The molecule has 3 aromatic carbocycles. The molecule has 3 aromatic rings. The third-order valence-corrected chi connectivity index (χ3v) is 3.71. The first-order valence-corrected chi connectivity index (χ1v) is 6.56. The van der Waals surface area contributed by atoms with E-state index in [0.717, 1.165) is 10.8 Å². The topological polar surface area (TPSA) is 20.2 Å². The summed E-state index contributed by atoms with van der Waals surface area (Å²) in [6.45, 7) is 1.62. The van der Waals surface area contributed by atoms with Crippen LogP contribution in [0.4, 0.5) is 4.39 Å². The van der Waals surface area contributed by atoms with E-state index in [9.17, 15) is 9.50 Å². The van der Waals surface area contributed by atoms with Gasteiger partial charge in [-0.15, -0.1) is 0 Å². The number of hydrogen-bond acceptors (Lipinski definition) is 1. The van der Waals surface area contributed by atoms with Gasteiger partial charge in [-0.2, -0.15) is 0 Å². The summed E-state index contributed by atoms with van der Waals surface area (Å²) in [5.41, 5.74) is -0.383. The third kappa shape index (κ3) is 2.08. The lowest BCUT2D eigenvalue weighted by Crippen LogP contribution is -2.24. The van der Waals surface area contributed by atoms with Crippen LogP contribution >= 0.6 is 0 Å². The molecule has 1 nitrogen and oxygen atoms in total. The second-order valence-corrected chi connectivity index (χ2v) is 5.11. The van der Waals surface area contributed by atoms with Crippen LogP contribution in [-0.2, 0) is 5.60 Å². The molecule has 0 aromatic heterocycles. The zero-order valence-corrected chi connectivity index (χ0v) is 11.2. The Hall–Kier alpha value is -2.19. The van der Waals surface area contributed by atoms with Crippen LogP contribution in [0.1, 0.15) is 18.1 Å². The standard InChI is InChI=1S/C18H15FO/c1-18(20,16-8-4-5-9-17(16)19)15-11-10-13-6-2-3-7-14(13)12-15/h2-12,20H,1H3. The lowest BCUT2D eigenvalue weighted by Gasteiger charge is -2.25. The van der Waals surface area contributed by atoms with Crippen molar-refractivity contribution in [1.29, 1.82) is 0 Å². The molecular weight excluding hydrogens is 251 g/mol. The highest BCUT2D eigenvalue weighted by molar-refractivity contribution is 5.83. The van der Waals surface area contributed by atoms with Gasteiger partial charge in [0.15, 0.2) is 0 Å². The van der Waals surface area contributed by atoms with E-state index in [0.29, 0.717) is 5.56 Å². The predicted octanol–water partition coefficient (Wildman–Crippen LogP) is 4.23. The third-order valence-electron chi connectivity index (χ3n) is 3.71. The minimum Gasteiger partial charge on any atom is -0.381 e. The molecule has 20 heavy (non-hydrogen) atoms. The molecule has 1 atom stereocenters. The van der Waals surface area contributed by atoms with Crippen LogP contribution in [0.25, 0.3) is 10.8 Å². The summed E-state index contributed by atoms with van der Waals surface area (Å²) >= 11 is 0. The lowest BCUT2D eigenvalue weighted by molar-refractivity contribution is 0.0981.